The monoisotopic (exact) mass is 304 g/mol. The van der Waals surface area contributed by atoms with Crippen molar-refractivity contribution in [2.75, 3.05) is 18.4 Å². The fraction of sp³-hybridized carbons (Fsp3) is 0.812. The molecule has 1 aliphatic heterocycles. The van der Waals surface area contributed by atoms with Gasteiger partial charge in [-0.25, -0.2) is 0 Å². The number of nitrogens with zero attached hydrogens (tertiary/aromatic N) is 3. The molecule has 1 spiro atoms. The minimum absolute atomic E-state index is 0.134. The predicted molar refractivity (Wildman–Crippen MR) is 81.4 cm³/mol. The number of nitrogens with one attached hydrogen (secondary N) is 1. The lowest BCUT2D eigenvalue weighted by Crippen LogP contribution is -2.45. The number of piperidine rings is 1. The molecule has 1 unspecified atom stereocenters. The van der Waals surface area contributed by atoms with Gasteiger partial charge in [-0.05, 0) is 50.4 Å². The zero-order valence-corrected chi connectivity index (χ0v) is 13.3. The molecule has 2 saturated carbocycles. The van der Waals surface area contributed by atoms with E-state index in [4.69, 9.17) is 4.42 Å². The van der Waals surface area contributed by atoms with Crippen LogP contribution in [0.25, 0.3) is 0 Å². The molecular formula is C16H24N4O2. The van der Waals surface area contributed by atoms with Crippen molar-refractivity contribution in [3.8, 4) is 0 Å². The van der Waals surface area contributed by atoms with E-state index in [9.17, 15) is 4.79 Å². The number of likely N-dealkylation sites (tertiary alicyclic amines) is 1. The van der Waals surface area contributed by atoms with Crippen LogP contribution >= 0.6 is 0 Å². The van der Waals surface area contributed by atoms with Crippen LogP contribution in [0.1, 0.15) is 57.8 Å². The van der Waals surface area contributed by atoms with Gasteiger partial charge >= 0.3 is 6.01 Å². The largest absolute Gasteiger partial charge is 0.408 e. The zero-order valence-electron chi connectivity index (χ0n) is 13.3. The Labute approximate surface area is 130 Å². The van der Waals surface area contributed by atoms with Gasteiger partial charge in [0.1, 0.15) is 6.04 Å². The van der Waals surface area contributed by atoms with E-state index < -0.39 is 0 Å². The van der Waals surface area contributed by atoms with Crippen LogP contribution in [0.5, 0.6) is 0 Å². The Morgan fingerprint density at radius 3 is 2.59 bits per heavy atom. The molecule has 4 rings (SSSR count). The number of anilines is 1. The van der Waals surface area contributed by atoms with Crippen molar-refractivity contribution in [1.82, 2.24) is 15.1 Å². The normalized spacial score (nSPS) is 30.2. The van der Waals surface area contributed by atoms with Crippen molar-refractivity contribution in [2.24, 2.45) is 11.3 Å². The van der Waals surface area contributed by atoms with Crippen molar-refractivity contribution >= 4 is 11.9 Å². The van der Waals surface area contributed by atoms with Gasteiger partial charge in [-0.15, -0.1) is 5.10 Å². The molecule has 0 bridgehead atoms. The van der Waals surface area contributed by atoms with E-state index in [0.717, 1.165) is 32.4 Å². The van der Waals surface area contributed by atoms with Crippen LogP contribution in [-0.2, 0) is 4.79 Å². The van der Waals surface area contributed by atoms with E-state index in [0.29, 0.717) is 29.2 Å². The quantitative estimate of drug-likeness (QED) is 0.925. The van der Waals surface area contributed by atoms with E-state index >= 15 is 0 Å². The molecule has 22 heavy (non-hydrogen) atoms. The van der Waals surface area contributed by atoms with Crippen molar-refractivity contribution in [3.63, 3.8) is 0 Å². The second kappa shape index (κ2) is 4.96. The molecular weight excluding hydrogens is 280 g/mol. The molecule has 1 aromatic rings. The Morgan fingerprint density at radius 1 is 1.32 bits per heavy atom. The molecule has 1 amide bonds. The summed E-state index contributed by atoms with van der Waals surface area (Å²) < 4.78 is 5.63. The van der Waals surface area contributed by atoms with Crippen molar-refractivity contribution < 1.29 is 9.21 Å². The number of aromatic nitrogens is 2. The molecule has 0 radical (unpaired) electrons. The maximum Gasteiger partial charge on any atom is 0.316 e. The average molecular weight is 304 g/mol. The fourth-order valence-corrected chi connectivity index (χ4v) is 3.51. The van der Waals surface area contributed by atoms with E-state index in [1.54, 1.807) is 0 Å². The lowest BCUT2D eigenvalue weighted by molar-refractivity contribution is -0.133. The maximum atomic E-state index is 12.5. The number of hydrogen-bond acceptors (Lipinski definition) is 5. The summed E-state index contributed by atoms with van der Waals surface area (Å²) in [6.45, 7) is 5.82. The molecule has 120 valence electrons. The van der Waals surface area contributed by atoms with Crippen molar-refractivity contribution in [2.45, 2.75) is 57.9 Å². The van der Waals surface area contributed by atoms with Crippen LogP contribution in [0.15, 0.2) is 4.42 Å². The number of rotatable bonds is 4. The Hall–Kier alpha value is -1.59. The maximum absolute atomic E-state index is 12.5. The topological polar surface area (TPSA) is 71.3 Å². The molecule has 3 fully saturated rings. The molecule has 1 aromatic heterocycles. The first kappa shape index (κ1) is 14.0. The highest BCUT2D eigenvalue weighted by molar-refractivity contribution is 5.83. The Bertz CT molecular complexity index is 570. The lowest BCUT2D eigenvalue weighted by atomic mass is 9.93. The van der Waals surface area contributed by atoms with Gasteiger partial charge in [-0.1, -0.05) is 12.0 Å². The molecule has 0 aromatic carbocycles. The first-order valence-electron chi connectivity index (χ1n) is 8.45. The predicted octanol–water partition coefficient (Wildman–Crippen LogP) is 2.40. The molecule has 6 heteroatoms. The highest BCUT2D eigenvalue weighted by Gasteiger charge is 2.45. The van der Waals surface area contributed by atoms with E-state index in [2.05, 4.69) is 22.4 Å². The smallest absolute Gasteiger partial charge is 0.316 e. The minimum Gasteiger partial charge on any atom is -0.408 e. The fourth-order valence-electron chi connectivity index (χ4n) is 3.51. The summed E-state index contributed by atoms with van der Waals surface area (Å²) in [5.74, 6) is 1.87. The highest BCUT2D eigenvalue weighted by Crippen LogP contribution is 2.53. The van der Waals surface area contributed by atoms with Gasteiger partial charge in [0.25, 0.3) is 0 Å². The summed E-state index contributed by atoms with van der Waals surface area (Å²) >= 11 is 0. The molecule has 3 aliphatic rings. The number of amides is 1. The summed E-state index contributed by atoms with van der Waals surface area (Å²) in [5, 5.41) is 11.2. The molecule has 6 nitrogen and oxygen atoms in total. The van der Waals surface area contributed by atoms with Gasteiger partial charge < -0.3 is 14.6 Å². The summed E-state index contributed by atoms with van der Waals surface area (Å²) in [6, 6.07) is 0.0452. The van der Waals surface area contributed by atoms with Crippen LogP contribution in [0.3, 0.4) is 0 Å². The molecule has 2 heterocycles. The summed E-state index contributed by atoms with van der Waals surface area (Å²) in [4.78, 5) is 14.5. The molecule has 1 N–H and O–H groups in total. The standard InChI is InChI=1S/C16H24N4O2/c1-10-9-12(10)13-18-19-15(22-13)17-11(2)14(21)20-7-5-16(3-4-16)6-8-20/h10-12H,3-9H2,1-2H3,(H,17,19)/t10?,11-,12+/m0/s1. The van der Waals surface area contributed by atoms with E-state index in [-0.39, 0.29) is 11.9 Å². The first-order chi connectivity index (χ1) is 10.6. The highest BCUT2D eigenvalue weighted by atomic mass is 16.4. The molecule has 3 atom stereocenters. The van der Waals surface area contributed by atoms with Gasteiger partial charge in [0.2, 0.25) is 11.8 Å². The molecule has 1 saturated heterocycles. The summed E-state index contributed by atoms with van der Waals surface area (Å²) in [5.41, 5.74) is 0.593. The Balaban J connectivity index is 1.32. The number of hydrogen-bond donors (Lipinski definition) is 1. The van der Waals surface area contributed by atoms with Gasteiger partial charge in [0, 0.05) is 19.0 Å². The lowest BCUT2D eigenvalue weighted by Gasteiger charge is -2.33. The van der Waals surface area contributed by atoms with E-state index in [1.165, 1.54) is 12.8 Å². The number of carbonyl (C=O) groups is 1. The number of carbonyl (C=O) groups excluding carboxylic acids is 1. The first-order valence-corrected chi connectivity index (χ1v) is 8.45. The summed E-state index contributed by atoms with van der Waals surface area (Å²) in [6.07, 6.45) is 6.15. The molecule has 2 aliphatic carbocycles. The SMILES string of the molecule is CC1C[C@H]1c1nnc(N[C@@H](C)C(=O)N2CCC3(CC2)CC3)o1. The van der Waals surface area contributed by atoms with Gasteiger partial charge in [-0.2, -0.15) is 0 Å². The van der Waals surface area contributed by atoms with Gasteiger partial charge in [0.15, 0.2) is 0 Å². The van der Waals surface area contributed by atoms with Crippen molar-refractivity contribution in [3.05, 3.63) is 5.89 Å². The Morgan fingerprint density at radius 2 is 2.00 bits per heavy atom. The second-order valence-electron chi connectivity index (χ2n) is 7.46. The summed E-state index contributed by atoms with van der Waals surface area (Å²) in [7, 11) is 0. The zero-order chi connectivity index (χ0) is 15.3. The Kier molecular flexibility index (Phi) is 3.16. The third-order valence-electron chi connectivity index (χ3n) is 5.67. The van der Waals surface area contributed by atoms with Crippen LogP contribution in [0.2, 0.25) is 0 Å². The second-order valence-corrected chi connectivity index (χ2v) is 7.46. The van der Waals surface area contributed by atoms with Crippen LogP contribution in [-0.4, -0.2) is 40.1 Å². The third-order valence-corrected chi connectivity index (χ3v) is 5.67. The van der Waals surface area contributed by atoms with E-state index in [1.807, 2.05) is 11.8 Å². The average Bonchev–Trinajstić information content (AvgIpc) is 3.39. The minimum atomic E-state index is -0.321. The van der Waals surface area contributed by atoms with Crippen LogP contribution in [0, 0.1) is 11.3 Å². The van der Waals surface area contributed by atoms with Crippen molar-refractivity contribution in [1.29, 1.82) is 0 Å². The third kappa shape index (κ3) is 2.59. The van der Waals surface area contributed by atoms with Crippen LogP contribution < -0.4 is 5.32 Å². The van der Waals surface area contributed by atoms with Gasteiger partial charge in [0.05, 0.1) is 0 Å². The van der Waals surface area contributed by atoms with Gasteiger partial charge in [-0.3, -0.25) is 4.79 Å². The van der Waals surface area contributed by atoms with Crippen LogP contribution in [0.4, 0.5) is 6.01 Å².